The average molecular weight is 355 g/mol. The molecule has 0 spiro atoms. The van der Waals surface area contributed by atoms with Crippen LogP contribution in [0.3, 0.4) is 0 Å². The third kappa shape index (κ3) is 3.65. The summed E-state index contributed by atoms with van der Waals surface area (Å²) >= 11 is 3.04. The zero-order valence-electron chi connectivity index (χ0n) is 11.1. The van der Waals surface area contributed by atoms with Crippen LogP contribution in [-0.2, 0) is 16.4 Å². The van der Waals surface area contributed by atoms with Gasteiger partial charge in [0.05, 0.1) is 23.6 Å². The number of hydrogen-bond donors (Lipinski definition) is 1. The van der Waals surface area contributed by atoms with E-state index in [-0.39, 0.29) is 22.2 Å². The molecule has 0 aliphatic carbocycles. The second kappa shape index (κ2) is 5.63. The summed E-state index contributed by atoms with van der Waals surface area (Å²) in [6.45, 7) is 3.16. The highest BCUT2D eigenvalue weighted by atomic mass is 79.9. The van der Waals surface area contributed by atoms with Gasteiger partial charge in [-0.2, -0.15) is 13.2 Å². The maximum atomic E-state index is 13.0. The first-order chi connectivity index (χ1) is 8.99. The Kier molecular flexibility index (Phi) is 4.74. The van der Waals surface area contributed by atoms with Crippen LogP contribution in [0, 0.1) is 0 Å². The van der Waals surface area contributed by atoms with Crippen LogP contribution in [0.25, 0.3) is 0 Å². The van der Waals surface area contributed by atoms with Crippen LogP contribution in [0.1, 0.15) is 31.4 Å². The Hall–Kier alpha value is -1.24. The fourth-order valence-electron chi connectivity index (χ4n) is 1.88. The number of hydrogen-bond acceptors (Lipinski definition) is 2. The van der Waals surface area contributed by atoms with Crippen molar-refractivity contribution in [2.24, 2.45) is 0 Å². The van der Waals surface area contributed by atoms with E-state index in [1.807, 2.05) is 0 Å². The van der Waals surface area contributed by atoms with Crippen molar-refractivity contribution in [1.82, 2.24) is 0 Å². The lowest BCUT2D eigenvalue weighted by atomic mass is 9.81. The summed E-state index contributed by atoms with van der Waals surface area (Å²) in [6, 6.07) is 2.39. The summed E-state index contributed by atoms with van der Waals surface area (Å²) in [4.78, 5) is 10.8. The molecule has 1 rings (SSSR count). The van der Waals surface area contributed by atoms with Crippen LogP contribution in [0.4, 0.5) is 13.2 Å². The Morgan fingerprint density at radius 2 is 1.90 bits per heavy atom. The first kappa shape index (κ1) is 16.8. The summed E-state index contributed by atoms with van der Waals surface area (Å²) < 4.78 is 44.0. The Morgan fingerprint density at radius 3 is 2.30 bits per heavy atom. The highest BCUT2D eigenvalue weighted by Gasteiger charge is 2.37. The van der Waals surface area contributed by atoms with Crippen molar-refractivity contribution in [3.05, 3.63) is 27.7 Å². The maximum Gasteiger partial charge on any atom is 0.420 e. The molecule has 0 bridgehead atoms. The van der Waals surface area contributed by atoms with E-state index >= 15 is 0 Å². The molecule has 1 aromatic carbocycles. The highest BCUT2D eigenvalue weighted by molar-refractivity contribution is 9.10. The third-order valence-corrected chi connectivity index (χ3v) is 3.52. The lowest BCUT2D eigenvalue weighted by Crippen LogP contribution is -2.23. The third-order valence-electron chi connectivity index (χ3n) is 2.93. The zero-order chi connectivity index (χ0) is 15.7. The first-order valence-corrected chi connectivity index (χ1v) is 6.45. The molecule has 0 aliphatic rings. The molecule has 0 heterocycles. The molecule has 0 radical (unpaired) electrons. The van der Waals surface area contributed by atoms with E-state index < -0.39 is 23.1 Å². The van der Waals surface area contributed by atoms with Crippen LogP contribution >= 0.6 is 15.9 Å². The predicted octanol–water partition coefficient (Wildman–Crippen LogP) is 4.23. The number of ether oxygens (including phenoxy) is 1. The number of methoxy groups -OCH3 is 1. The molecule has 20 heavy (non-hydrogen) atoms. The van der Waals surface area contributed by atoms with Crippen molar-refractivity contribution < 1.29 is 27.8 Å². The minimum absolute atomic E-state index is 0.142. The molecule has 0 saturated carbocycles. The molecule has 112 valence electrons. The minimum Gasteiger partial charge on any atom is -0.495 e. The molecule has 0 fully saturated rings. The van der Waals surface area contributed by atoms with Crippen molar-refractivity contribution in [3.8, 4) is 5.75 Å². The quantitative estimate of drug-likeness (QED) is 0.879. The van der Waals surface area contributed by atoms with Gasteiger partial charge in [-0.05, 0) is 33.6 Å². The second-order valence-electron chi connectivity index (χ2n) is 4.99. The van der Waals surface area contributed by atoms with Gasteiger partial charge in [-0.15, -0.1) is 0 Å². The molecule has 7 heteroatoms. The van der Waals surface area contributed by atoms with Gasteiger partial charge in [0, 0.05) is 5.41 Å². The highest BCUT2D eigenvalue weighted by Crippen LogP contribution is 2.43. The number of benzene rings is 1. The summed E-state index contributed by atoms with van der Waals surface area (Å²) in [7, 11) is 1.15. The van der Waals surface area contributed by atoms with Crippen LogP contribution in [0.2, 0.25) is 0 Å². The van der Waals surface area contributed by atoms with E-state index in [9.17, 15) is 18.0 Å². The standard InChI is InChI=1S/C13H14BrF3O3/c1-12(2,6-10(18)19)7-4-8(13(15,16)17)11(20-3)9(14)5-7/h4-5H,6H2,1-3H3,(H,18,19). The largest absolute Gasteiger partial charge is 0.495 e. The molecule has 0 aliphatic heterocycles. The zero-order valence-corrected chi connectivity index (χ0v) is 12.7. The fourth-order valence-corrected chi connectivity index (χ4v) is 2.50. The molecule has 0 unspecified atom stereocenters. The van der Waals surface area contributed by atoms with E-state index in [1.54, 1.807) is 13.8 Å². The van der Waals surface area contributed by atoms with Gasteiger partial charge in [0.15, 0.2) is 0 Å². The summed E-state index contributed by atoms with van der Waals surface area (Å²) in [5.41, 5.74) is -1.58. The van der Waals surface area contributed by atoms with E-state index in [0.717, 1.165) is 13.2 Å². The van der Waals surface area contributed by atoms with Gasteiger partial charge < -0.3 is 9.84 Å². The van der Waals surface area contributed by atoms with Crippen molar-refractivity contribution in [3.63, 3.8) is 0 Å². The van der Waals surface area contributed by atoms with Crippen LogP contribution in [-0.4, -0.2) is 18.2 Å². The number of carbonyl (C=O) groups is 1. The van der Waals surface area contributed by atoms with E-state index in [0.29, 0.717) is 0 Å². The Bertz CT molecular complexity index is 524. The van der Waals surface area contributed by atoms with Crippen molar-refractivity contribution in [1.29, 1.82) is 0 Å². The fraction of sp³-hybridized carbons (Fsp3) is 0.462. The number of halogens is 4. The molecule has 3 nitrogen and oxygen atoms in total. The summed E-state index contributed by atoms with van der Waals surface area (Å²) in [5, 5.41) is 8.85. The van der Waals surface area contributed by atoms with Gasteiger partial charge in [0.25, 0.3) is 0 Å². The van der Waals surface area contributed by atoms with Crippen LogP contribution in [0.5, 0.6) is 5.75 Å². The normalized spacial score (nSPS) is 12.3. The molecule has 0 saturated heterocycles. The predicted molar refractivity (Wildman–Crippen MR) is 71.0 cm³/mol. The Morgan fingerprint density at radius 1 is 1.35 bits per heavy atom. The van der Waals surface area contributed by atoms with Crippen molar-refractivity contribution in [2.45, 2.75) is 31.9 Å². The lowest BCUT2D eigenvalue weighted by molar-refractivity contribution is -0.139. The maximum absolute atomic E-state index is 13.0. The SMILES string of the molecule is COc1c(Br)cc(C(C)(C)CC(=O)O)cc1C(F)(F)F. The van der Waals surface area contributed by atoms with Crippen LogP contribution in [0.15, 0.2) is 16.6 Å². The van der Waals surface area contributed by atoms with Crippen LogP contribution < -0.4 is 4.74 Å². The van der Waals surface area contributed by atoms with Crippen molar-refractivity contribution in [2.75, 3.05) is 7.11 Å². The monoisotopic (exact) mass is 354 g/mol. The van der Waals surface area contributed by atoms with Crippen molar-refractivity contribution >= 4 is 21.9 Å². The number of carboxylic acid groups (broad SMARTS) is 1. The molecule has 0 atom stereocenters. The average Bonchev–Trinajstić information content (AvgIpc) is 2.24. The first-order valence-electron chi connectivity index (χ1n) is 5.66. The molecule has 0 amide bonds. The van der Waals surface area contributed by atoms with E-state index in [2.05, 4.69) is 15.9 Å². The Labute approximate surface area is 122 Å². The van der Waals surface area contributed by atoms with Gasteiger partial charge in [-0.3, -0.25) is 4.79 Å². The molecular weight excluding hydrogens is 341 g/mol. The van der Waals surface area contributed by atoms with E-state index in [4.69, 9.17) is 9.84 Å². The lowest BCUT2D eigenvalue weighted by Gasteiger charge is -2.25. The summed E-state index contributed by atoms with van der Waals surface area (Å²) in [6.07, 6.45) is -4.85. The molecular formula is C13H14BrF3O3. The topological polar surface area (TPSA) is 46.5 Å². The second-order valence-corrected chi connectivity index (χ2v) is 5.85. The number of rotatable bonds is 4. The molecule has 1 aromatic rings. The van der Waals surface area contributed by atoms with Gasteiger partial charge in [-0.1, -0.05) is 13.8 Å². The minimum atomic E-state index is -4.58. The van der Waals surface area contributed by atoms with Gasteiger partial charge in [0.1, 0.15) is 5.75 Å². The van der Waals surface area contributed by atoms with E-state index in [1.165, 1.54) is 6.07 Å². The van der Waals surface area contributed by atoms with Gasteiger partial charge in [0.2, 0.25) is 0 Å². The number of carboxylic acids is 1. The number of alkyl halides is 3. The summed E-state index contributed by atoms with van der Waals surface area (Å²) in [5.74, 6) is -1.39. The molecule has 1 N–H and O–H groups in total. The smallest absolute Gasteiger partial charge is 0.420 e. The van der Waals surface area contributed by atoms with Gasteiger partial charge >= 0.3 is 12.1 Å². The Balaban J connectivity index is 3.45. The molecule has 0 aromatic heterocycles. The number of aliphatic carboxylic acids is 1. The van der Waals surface area contributed by atoms with Gasteiger partial charge in [-0.25, -0.2) is 0 Å².